The van der Waals surface area contributed by atoms with Crippen molar-refractivity contribution < 1.29 is 9.18 Å². The van der Waals surface area contributed by atoms with Crippen LogP contribution in [0.5, 0.6) is 0 Å². The molecular weight excluding hydrogens is 376 g/mol. The summed E-state index contributed by atoms with van der Waals surface area (Å²) in [6.07, 6.45) is 3.58. The van der Waals surface area contributed by atoms with Crippen LogP contribution in [-0.4, -0.2) is 15.5 Å². The highest BCUT2D eigenvalue weighted by Gasteiger charge is 2.21. The van der Waals surface area contributed by atoms with Crippen molar-refractivity contribution in [1.82, 2.24) is 14.9 Å². The van der Waals surface area contributed by atoms with Gasteiger partial charge in [0.05, 0.1) is 16.5 Å². The first kappa shape index (κ1) is 18.4. The minimum absolute atomic E-state index is 0.138. The normalized spacial score (nSPS) is 12.0. The molecule has 3 aromatic rings. The predicted molar refractivity (Wildman–Crippen MR) is 99.8 cm³/mol. The maximum Gasteiger partial charge on any atom is 0.225 e. The van der Waals surface area contributed by atoms with E-state index in [0.29, 0.717) is 15.9 Å². The van der Waals surface area contributed by atoms with Crippen LogP contribution < -0.4 is 5.32 Å². The Morgan fingerprint density at radius 1 is 1.19 bits per heavy atom. The van der Waals surface area contributed by atoms with Gasteiger partial charge in [-0.15, -0.1) is 0 Å². The Morgan fingerprint density at radius 2 is 1.92 bits per heavy atom. The van der Waals surface area contributed by atoms with Gasteiger partial charge in [0.15, 0.2) is 0 Å². The van der Waals surface area contributed by atoms with Crippen molar-refractivity contribution in [3.8, 4) is 0 Å². The Bertz CT molecular complexity index is 925. The molecule has 2 aromatic carbocycles. The molecule has 0 fully saturated rings. The second-order valence-corrected chi connectivity index (χ2v) is 6.69. The summed E-state index contributed by atoms with van der Waals surface area (Å²) < 4.78 is 15.1. The van der Waals surface area contributed by atoms with Crippen molar-refractivity contribution in [3.63, 3.8) is 0 Å². The van der Waals surface area contributed by atoms with Crippen LogP contribution >= 0.6 is 23.2 Å². The average molecular weight is 392 g/mol. The summed E-state index contributed by atoms with van der Waals surface area (Å²) in [4.78, 5) is 16.9. The lowest BCUT2D eigenvalue weighted by Crippen LogP contribution is -2.32. The second-order valence-electron chi connectivity index (χ2n) is 5.87. The Kier molecular flexibility index (Phi) is 5.59. The maximum atomic E-state index is 13.3. The third-order valence-electron chi connectivity index (χ3n) is 3.97. The molecular formula is C19H16Cl2FN3O. The number of aryl methyl sites for hydroxylation is 1. The molecule has 0 aliphatic heterocycles. The Morgan fingerprint density at radius 3 is 2.54 bits per heavy atom. The van der Waals surface area contributed by atoms with E-state index in [1.165, 1.54) is 12.1 Å². The lowest BCUT2D eigenvalue weighted by Gasteiger charge is -2.19. The average Bonchev–Trinajstić information content (AvgIpc) is 3.03. The number of nitrogens with one attached hydrogen (secondary N) is 1. The molecule has 0 bridgehead atoms. The van der Waals surface area contributed by atoms with E-state index in [0.717, 1.165) is 11.1 Å². The topological polar surface area (TPSA) is 46.9 Å². The van der Waals surface area contributed by atoms with Crippen molar-refractivity contribution in [2.75, 3.05) is 0 Å². The third kappa shape index (κ3) is 4.23. The van der Waals surface area contributed by atoms with Gasteiger partial charge >= 0.3 is 0 Å². The Hall–Kier alpha value is -2.37. The quantitative estimate of drug-likeness (QED) is 0.703. The summed E-state index contributed by atoms with van der Waals surface area (Å²) in [7, 11) is 1.84. The zero-order valence-electron chi connectivity index (χ0n) is 13.9. The molecule has 0 radical (unpaired) electrons. The lowest BCUT2D eigenvalue weighted by atomic mass is 10.0. The van der Waals surface area contributed by atoms with Gasteiger partial charge in [-0.3, -0.25) is 4.79 Å². The van der Waals surface area contributed by atoms with Gasteiger partial charge in [-0.05, 0) is 35.4 Å². The molecule has 0 spiro atoms. The SMILES string of the molecule is Cn1ccnc1[C@H](NC(=O)Cc1ccc(Cl)c(Cl)c1)c1ccc(F)cc1. The van der Waals surface area contributed by atoms with E-state index in [1.54, 1.807) is 42.7 Å². The summed E-state index contributed by atoms with van der Waals surface area (Å²) in [6.45, 7) is 0. The van der Waals surface area contributed by atoms with Crippen LogP contribution in [0.1, 0.15) is 23.0 Å². The maximum absolute atomic E-state index is 13.3. The molecule has 0 saturated heterocycles. The second kappa shape index (κ2) is 7.89. The largest absolute Gasteiger partial charge is 0.342 e. The van der Waals surface area contributed by atoms with Crippen molar-refractivity contribution in [2.24, 2.45) is 7.05 Å². The standard InChI is InChI=1S/C19H16Cl2FN3O/c1-25-9-8-23-19(25)18(13-3-5-14(22)6-4-13)24-17(26)11-12-2-7-15(20)16(21)10-12/h2-10,18H,11H2,1H3,(H,24,26)/t18-/m1/s1. The van der Waals surface area contributed by atoms with E-state index in [2.05, 4.69) is 10.3 Å². The van der Waals surface area contributed by atoms with Crippen molar-refractivity contribution in [3.05, 3.63) is 87.7 Å². The van der Waals surface area contributed by atoms with E-state index in [9.17, 15) is 9.18 Å². The van der Waals surface area contributed by atoms with Crippen LogP contribution in [0.15, 0.2) is 54.9 Å². The molecule has 1 N–H and O–H groups in total. The molecule has 1 aromatic heterocycles. The number of imidazole rings is 1. The summed E-state index contributed by atoms with van der Waals surface area (Å²) in [5.74, 6) is 0.106. The molecule has 26 heavy (non-hydrogen) atoms. The molecule has 134 valence electrons. The number of hydrogen-bond donors (Lipinski definition) is 1. The zero-order chi connectivity index (χ0) is 18.7. The van der Waals surface area contributed by atoms with Crippen LogP contribution in [0.25, 0.3) is 0 Å². The lowest BCUT2D eigenvalue weighted by molar-refractivity contribution is -0.121. The van der Waals surface area contributed by atoms with E-state index in [-0.39, 0.29) is 18.1 Å². The molecule has 3 rings (SSSR count). The van der Waals surface area contributed by atoms with Crippen LogP contribution in [0.3, 0.4) is 0 Å². The predicted octanol–water partition coefficient (Wildman–Crippen LogP) is 4.31. The Balaban J connectivity index is 1.83. The fraction of sp³-hybridized carbons (Fsp3) is 0.158. The van der Waals surface area contributed by atoms with Crippen LogP contribution in [0.4, 0.5) is 4.39 Å². The van der Waals surface area contributed by atoms with E-state index in [4.69, 9.17) is 23.2 Å². The van der Waals surface area contributed by atoms with Gasteiger partial charge in [0.25, 0.3) is 0 Å². The number of rotatable bonds is 5. The summed E-state index contributed by atoms with van der Waals surface area (Å²) in [5, 5.41) is 3.79. The third-order valence-corrected chi connectivity index (χ3v) is 4.71. The van der Waals surface area contributed by atoms with Crippen molar-refractivity contribution in [2.45, 2.75) is 12.5 Å². The first-order valence-electron chi connectivity index (χ1n) is 7.90. The zero-order valence-corrected chi connectivity index (χ0v) is 15.4. The van der Waals surface area contributed by atoms with Gasteiger partial charge < -0.3 is 9.88 Å². The monoisotopic (exact) mass is 391 g/mol. The van der Waals surface area contributed by atoms with Gasteiger partial charge in [0, 0.05) is 19.4 Å². The van der Waals surface area contributed by atoms with Gasteiger partial charge in [0.2, 0.25) is 5.91 Å². The number of hydrogen-bond acceptors (Lipinski definition) is 2. The van der Waals surface area contributed by atoms with E-state index in [1.807, 2.05) is 11.6 Å². The summed E-state index contributed by atoms with van der Waals surface area (Å²) >= 11 is 11.9. The number of halogens is 3. The van der Waals surface area contributed by atoms with Crippen molar-refractivity contribution >= 4 is 29.1 Å². The first-order valence-corrected chi connectivity index (χ1v) is 8.65. The highest BCUT2D eigenvalue weighted by Crippen LogP contribution is 2.24. The van der Waals surface area contributed by atoms with E-state index >= 15 is 0 Å². The van der Waals surface area contributed by atoms with Crippen LogP contribution in [-0.2, 0) is 18.3 Å². The minimum atomic E-state index is -0.495. The molecule has 0 unspecified atom stereocenters. The number of amides is 1. The summed E-state index contributed by atoms with van der Waals surface area (Å²) in [5.41, 5.74) is 1.48. The molecule has 7 heteroatoms. The number of carbonyl (C=O) groups excluding carboxylic acids is 1. The molecule has 1 atom stereocenters. The highest BCUT2D eigenvalue weighted by atomic mass is 35.5. The van der Waals surface area contributed by atoms with Gasteiger partial charge in [-0.1, -0.05) is 41.4 Å². The van der Waals surface area contributed by atoms with Crippen molar-refractivity contribution in [1.29, 1.82) is 0 Å². The smallest absolute Gasteiger partial charge is 0.225 e. The number of nitrogens with zero attached hydrogens (tertiary/aromatic N) is 2. The number of aromatic nitrogens is 2. The number of carbonyl (C=O) groups is 1. The first-order chi connectivity index (χ1) is 12.4. The Labute approximate surface area is 160 Å². The molecule has 0 aliphatic rings. The molecule has 4 nitrogen and oxygen atoms in total. The highest BCUT2D eigenvalue weighted by molar-refractivity contribution is 6.42. The molecule has 0 aliphatic carbocycles. The van der Waals surface area contributed by atoms with Gasteiger partial charge in [0.1, 0.15) is 17.7 Å². The van der Waals surface area contributed by atoms with E-state index < -0.39 is 6.04 Å². The molecule has 1 heterocycles. The van der Waals surface area contributed by atoms with Gasteiger partial charge in [-0.2, -0.15) is 0 Å². The van der Waals surface area contributed by atoms with Crippen LogP contribution in [0, 0.1) is 5.82 Å². The van der Waals surface area contributed by atoms with Gasteiger partial charge in [-0.25, -0.2) is 9.37 Å². The molecule has 1 amide bonds. The fourth-order valence-electron chi connectivity index (χ4n) is 2.65. The molecule has 0 saturated carbocycles. The van der Waals surface area contributed by atoms with Crippen LogP contribution in [0.2, 0.25) is 10.0 Å². The number of benzene rings is 2. The fourth-order valence-corrected chi connectivity index (χ4v) is 2.98. The minimum Gasteiger partial charge on any atom is -0.342 e. The summed E-state index contributed by atoms with van der Waals surface area (Å²) in [6, 6.07) is 10.6.